The van der Waals surface area contributed by atoms with E-state index in [1.807, 2.05) is 6.07 Å². The predicted octanol–water partition coefficient (Wildman–Crippen LogP) is 5.31. The SMILES string of the molecule is C=C(N1CC[C@@H](C)C1)N(CCC1CCCCC1)c1c(N)cc(-c2noc(=O)[nH]2)nc1-c1cncc(Cl)c1. The third-order valence-corrected chi connectivity index (χ3v) is 7.75. The van der Waals surface area contributed by atoms with Gasteiger partial charge in [-0.25, -0.2) is 9.78 Å². The normalized spacial score (nSPS) is 18.3. The summed E-state index contributed by atoms with van der Waals surface area (Å²) in [6.45, 7) is 9.50. The standard InChI is InChI=1S/C27H34ClN7O2/c1-17-8-10-34(16-17)18(2)35(11-9-19-6-4-3-5-7-19)25-22(29)13-23(26-32-27(36)37-33-26)31-24(25)20-12-21(28)15-30-14-20/h12-15,17,19H,2-11,16H2,1H3,(H2,29,31)(H,32,33,36)/t17-/m1/s1. The largest absolute Gasteiger partial charge is 0.439 e. The number of aromatic amines is 1. The molecule has 2 fully saturated rings. The Balaban J connectivity index is 1.60. The van der Waals surface area contributed by atoms with Crippen molar-refractivity contribution in [2.45, 2.75) is 51.9 Å². The van der Waals surface area contributed by atoms with Gasteiger partial charge in [0.25, 0.3) is 0 Å². The lowest BCUT2D eigenvalue weighted by Crippen LogP contribution is -2.36. The molecule has 3 aromatic rings. The van der Waals surface area contributed by atoms with Gasteiger partial charge < -0.3 is 15.5 Å². The van der Waals surface area contributed by atoms with Crippen LogP contribution in [0, 0.1) is 11.8 Å². The van der Waals surface area contributed by atoms with Crippen LogP contribution in [0.25, 0.3) is 22.8 Å². The second kappa shape index (κ2) is 11.0. The van der Waals surface area contributed by atoms with Crippen LogP contribution < -0.4 is 16.4 Å². The van der Waals surface area contributed by atoms with E-state index < -0.39 is 5.76 Å². The molecule has 3 aromatic heterocycles. The minimum absolute atomic E-state index is 0.209. The molecule has 1 saturated carbocycles. The van der Waals surface area contributed by atoms with Crippen molar-refractivity contribution >= 4 is 23.0 Å². The summed E-state index contributed by atoms with van der Waals surface area (Å²) in [5, 5.41) is 4.31. The summed E-state index contributed by atoms with van der Waals surface area (Å²) in [5.41, 5.74) is 9.75. The van der Waals surface area contributed by atoms with E-state index in [9.17, 15) is 4.79 Å². The van der Waals surface area contributed by atoms with Gasteiger partial charge in [0.2, 0.25) is 5.82 Å². The molecule has 10 heteroatoms. The first-order valence-electron chi connectivity index (χ1n) is 13.1. The van der Waals surface area contributed by atoms with Crippen LogP contribution in [-0.2, 0) is 0 Å². The molecule has 1 saturated heterocycles. The van der Waals surface area contributed by atoms with Crippen LogP contribution in [-0.4, -0.2) is 44.6 Å². The number of nitrogen functional groups attached to an aromatic ring is 1. The maximum atomic E-state index is 11.6. The maximum Gasteiger partial charge on any atom is 0.439 e. The molecule has 37 heavy (non-hydrogen) atoms. The molecule has 0 radical (unpaired) electrons. The second-order valence-corrected chi connectivity index (χ2v) is 10.8. The van der Waals surface area contributed by atoms with Crippen molar-refractivity contribution in [2.75, 3.05) is 30.3 Å². The van der Waals surface area contributed by atoms with Gasteiger partial charge in [-0.1, -0.05) is 62.4 Å². The maximum absolute atomic E-state index is 11.6. The molecule has 0 bridgehead atoms. The molecular weight excluding hydrogens is 490 g/mol. The van der Waals surface area contributed by atoms with Crippen molar-refractivity contribution in [3.05, 3.63) is 52.5 Å². The van der Waals surface area contributed by atoms with Crippen LogP contribution in [0.2, 0.25) is 5.02 Å². The highest BCUT2D eigenvalue weighted by Gasteiger charge is 2.29. The topological polar surface area (TPSA) is 117 Å². The van der Waals surface area contributed by atoms with Crippen molar-refractivity contribution < 1.29 is 4.52 Å². The molecule has 0 aromatic carbocycles. The first kappa shape index (κ1) is 25.3. The van der Waals surface area contributed by atoms with E-state index in [4.69, 9.17) is 26.8 Å². The van der Waals surface area contributed by atoms with E-state index in [0.29, 0.717) is 39.5 Å². The zero-order valence-electron chi connectivity index (χ0n) is 21.3. The summed E-state index contributed by atoms with van der Waals surface area (Å²) in [6.07, 6.45) is 11.9. The smallest absolute Gasteiger partial charge is 0.397 e. The van der Waals surface area contributed by atoms with Gasteiger partial charge in [0, 0.05) is 37.6 Å². The molecule has 1 aliphatic carbocycles. The summed E-state index contributed by atoms with van der Waals surface area (Å²) in [5.74, 6) is 1.77. The Kier molecular flexibility index (Phi) is 7.50. The minimum Gasteiger partial charge on any atom is -0.397 e. The zero-order valence-corrected chi connectivity index (χ0v) is 22.0. The number of hydrogen-bond acceptors (Lipinski definition) is 8. The molecule has 0 amide bonds. The highest BCUT2D eigenvalue weighted by atomic mass is 35.5. The summed E-state index contributed by atoms with van der Waals surface area (Å²) >= 11 is 6.34. The van der Waals surface area contributed by atoms with Gasteiger partial charge in [-0.05, 0) is 36.8 Å². The molecule has 5 rings (SSSR count). The van der Waals surface area contributed by atoms with Gasteiger partial charge in [0.05, 0.1) is 22.1 Å². The van der Waals surface area contributed by atoms with Gasteiger partial charge in [0.1, 0.15) is 11.5 Å². The van der Waals surface area contributed by atoms with Crippen molar-refractivity contribution in [1.29, 1.82) is 0 Å². The molecule has 196 valence electrons. The highest BCUT2D eigenvalue weighted by Crippen LogP contribution is 2.40. The molecular formula is C27H34ClN7O2. The lowest BCUT2D eigenvalue weighted by Gasteiger charge is -2.36. The number of pyridine rings is 2. The third kappa shape index (κ3) is 5.66. The first-order chi connectivity index (χ1) is 17.9. The molecule has 1 aliphatic heterocycles. The monoisotopic (exact) mass is 523 g/mol. The average Bonchev–Trinajstić information content (AvgIpc) is 3.53. The predicted molar refractivity (Wildman–Crippen MR) is 146 cm³/mol. The lowest BCUT2D eigenvalue weighted by molar-refractivity contribution is 0.334. The highest BCUT2D eigenvalue weighted by molar-refractivity contribution is 6.30. The number of halogens is 1. The number of nitrogens with one attached hydrogen (secondary N) is 1. The second-order valence-electron chi connectivity index (χ2n) is 10.3. The number of rotatable bonds is 8. The van der Waals surface area contributed by atoms with Crippen molar-refractivity contribution in [1.82, 2.24) is 25.0 Å². The lowest BCUT2D eigenvalue weighted by atomic mass is 9.87. The van der Waals surface area contributed by atoms with Crippen LogP contribution >= 0.6 is 11.6 Å². The number of likely N-dealkylation sites (tertiary alicyclic amines) is 1. The van der Waals surface area contributed by atoms with Gasteiger partial charge in [-0.3, -0.25) is 14.5 Å². The van der Waals surface area contributed by atoms with E-state index in [0.717, 1.165) is 44.0 Å². The van der Waals surface area contributed by atoms with Gasteiger partial charge in [0.15, 0.2) is 0 Å². The molecule has 0 unspecified atom stereocenters. The average molecular weight is 524 g/mol. The van der Waals surface area contributed by atoms with E-state index in [1.54, 1.807) is 18.5 Å². The molecule has 4 heterocycles. The number of H-pyrrole nitrogens is 1. The fourth-order valence-electron chi connectivity index (χ4n) is 5.54. The molecule has 1 atom stereocenters. The molecule has 3 N–H and O–H groups in total. The number of nitrogens with two attached hydrogens (primary N) is 1. The fourth-order valence-corrected chi connectivity index (χ4v) is 5.72. The Morgan fingerprint density at radius 3 is 2.76 bits per heavy atom. The fraction of sp³-hybridized carbons (Fsp3) is 0.481. The Morgan fingerprint density at radius 2 is 2.08 bits per heavy atom. The van der Waals surface area contributed by atoms with Crippen LogP contribution in [0.3, 0.4) is 0 Å². The van der Waals surface area contributed by atoms with E-state index >= 15 is 0 Å². The number of aromatic nitrogens is 4. The first-order valence-corrected chi connectivity index (χ1v) is 13.5. The quantitative estimate of drug-likeness (QED) is 0.407. The van der Waals surface area contributed by atoms with Gasteiger partial charge in [-0.15, -0.1) is 0 Å². The molecule has 0 spiro atoms. The Morgan fingerprint density at radius 1 is 1.27 bits per heavy atom. The number of nitrogens with zero attached hydrogens (tertiary/aromatic N) is 5. The Hall–Kier alpha value is -3.33. The van der Waals surface area contributed by atoms with Gasteiger partial charge in [-0.2, -0.15) is 0 Å². The Labute approximate surface area is 221 Å². The van der Waals surface area contributed by atoms with Crippen molar-refractivity contribution in [3.63, 3.8) is 0 Å². The minimum atomic E-state index is -0.656. The van der Waals surface area contributed by atoms with Crippen LogP contribution in [0.5, 0.6) is 0 Å². The molecule has 9 nitrogen and oxygen atoms in total. The Bertz CT molecular complexity index is 1310. The third-order valence-electron chi connectivity index (χ3n) is 7.54. The van der Waals surface area contributed by atoms with E-state index in [-0.39, 0.29) is 5.82 Å². The van der Waals surface area contributed by atoms with Crippen LogP contribution in [0.15, 0.2) is 46.2 Å². The summed E-state index contributed by atoms with van der Waals surface area (Å²) in [6, 6.07) is 3.53. The van der Waals surface area contributed by atoms with Crippen molar-refractivity contribution in [3.8, 4) is 22.8 Å². The molecule has 2 aliphatic rings. The summed E-state index contributed by atoms with van der Waals surface area (Å²) in [4.78, 5) is 27.9. The zero-order chi connectivity index (χ0) is 25.9. The van der Waals surface area contributed by atoms with Crippen LogP contribution in [0.1, 0.15) is 51.9 Å². The van der Waals surface area contributed by atoms with Gasteiger partial charge >= 0.3 is 5.76 Å². The number of hydrogen-bond donors (Lipinski definition) is 2. The van der Waals surface area contributed by atoms with Crippen molar-refractivity contribution in [2.24, 2.45) is 11.8 Å². The van der Waals surface area contributed by atoms with E-state index in [1.165, 1.54) is 32.1 Å². The van der Waals surface area contributed by atoms with Crippen LogP contribution in [0.4, 0.5) is 11.4 Å². The van der Waals surface area contributed by atoms with E-state index in [2.05, 4.69) is 38.4 Å². The summed E-state index contributed by atoms with van der Waals surface area (Å²) in [7, 11) is 0. The number of anilines is 2. The summed E-state index contributed by atoms with van der Waals surface area (Å²) < 4.78 is 4.72.